The van der Waals surface area contributed by atoms with Crippen LogP contribution in [-0.2, 0) is 4.79 Å². The summed E-state index contributed by atoms with van der Waals surface area (Å²) in [5.41, 5.74) is 3.43. The topological polar surface area (TPSA) is 49.4 Å². The van der Waals surface area contributed by atoms with E-state index in [1.54, 1.807) is 6.08 Å². The molecule has 0 saturated carbocycles. The minimum atomic E-state index is -0.304. The SMILES string of the molecule is Cc1cc(/C=C2\SC(=O)NC2=O)ccc1N1CCCC1. The molecule has 104 valence electrons. The van der Waals surface area contributed by atoms with Crippen LogP contribution in [0.15, 0.2) is 23.1 Å². The van der Waals surface area contributed by atoms with Crippen molar-refractivity contribution >= 4 is 34.7 Å². The molecular formula is C15H16N2O2S. The zero-order valence-electron chi connectivity index (χ0n) is 11.3. The minimum Gasteiger partial charge on any atom is -0.371 e. The van der Waals surface area contributed by atoms with Crippen molar-refractivity contribution in [1.29, 1.82) is 0 Å². The van der Waals surface area contributed by atoms with E-state index in [0.717, 1.165) is 30.4 Å². The lowest BCUT2D eigenvalue weighted by atomic mass is 10.1. The van der Waals surface area contributed by atoms with Gasteiger partial charge in [-0.05, 0) is 60.9 Å². The van der Waals surface area contributed by atoms with Crippen LogP contribution in [0.25, 0.3) is 6.08 Å². The standard InChI is InChI=1S/C15H16N2O2S/c1-10-8-11(9-13-14(18)16-15(19)20-13)4-5-12(10)17-6-2-3-7-17/h4-5,8-9H,2-3,6-7H2,1H3,(H,16,18,19)/b13-9-. The molecule has 20 heavy (non-hydrogen) atoms. The van der Waals surface area contributed by atoms with Crippen molar-refractivity contribution in [2.45, 2.75) is 19.8 Å². The molecule has 4 nitrogen and oxygen atoms in total. The average molecular weight is 288 g/mol. The van der Waals surface area contributed by atoms with Crippen LogP contribution in [0.1, 0.15) is 24.0 Å². The molecule has 2 heterocycles. The highest BCUT2D eigenvalue weighted by Gasteiger charge is 2.25. The summed E-state index contributed by atoms with van der Waals surface area (Å²) in [7, 11) is 0. The number of aryl methyl sites for hydroxylation is 1. The van der Waals surface area contributed by atoms with Crippen LogP contribution < -0.4 is 10.2 Å². The fraction of sp³-hybridized carbons (Fsp3) is 0.333. The Morgan fingerprint density at radius 1 is 1.25 bits per heavy atom. The Hall–Kier alpha value is -1.75. The third-order valence-electron chi connectivity index (χ3n) is 3.61. The van der Waals surface area contributed by atoms with E-state index in [1.807, 2.05) is 6.07 Å². The normalized spacial score (nSPS) is 20.9. The van der Waals surface area contributed by atoms with Crippen molar-refractivity contribution in [3.05, 3.63) is 34.2 Å². The molecule has 2 fully saturated rings. The molecule has 0 unspecified atom stereocenters. The fourth-order valence-corrected chi connectivity index (χ4v) is 3.34. The van der Waals surface area contributed by atoms with E-state index in [0.29, 0.717) is 4.91 Å². The molecule has 1 aromatic carbocycles. The minimum absolute atomic E-state index is 0.299. The number of nitrogens with one attached hydrogen (secondary N) is 1. The molecular weight excluding hydrogens is 272 g/mol. The molecule has 0 radical (unpaired) electrons. The van der Waals surface area contributed by atoms with Gasteiger partial charge in [-0.1, -0.05) is 6.07 Å². The summed E-state index contributed by atoms with van der Waals surface area (Å²) in [5.74, 6) is -0.304. The molecule has 3 rings (SSSR count). The summed E-state index contributed by atoms with van der Waals surface area (Å²) < 4.78 is 0. The number of hydrogen-bond donors (Lipinski definition) is 1. The molecule has 0 aliphatic carbocycles. The van der Waals surface area contributed by atoms with Gasteiger partial charge < -0.3 is 4.90 Å². The number of anilines is 1. The Balaban J connectivity index is 1.85. The Kier molecular flexibility index (Phi) is 3.53. The molecule has 0 spiro atoms. The van der Waals surface area contributed by atoms with Crippen molar-refractivity contribution in [1.82, 2.24) is 5.32 Å². The van der Waals surface area contributed by atoms with E-state index in [9.17, 15) is 9.59 Å². The average Bonchev–Trinajstić information content (AvgIpc) is 3.00. The molecule has 2 aliphatic heterocycles. The lowest BCUT2D eigenvalue weighted by molar-refractivity contribution is -0.115. The van der Waals surface area contributed by atoms with Gasteiger partial charge in [-0.2, -0.15) is 0 Å². The van der Waals surface area contributed by atoms with Crippen molar-refractivity contribution in [3.8, 4) is 0 Å². The van der Waals surface area contributed by atoms with Gasteiger partial charge >= 0.3 is 0 Å². The largest absolute Gasteiger partial charge is 0.371 e. The van der Waals surface area contributed by atoms with Gasteiger partial charge in [0.25, 0.3) is 11.1 Å². The summed E-state index contributed by atoms with van der Waals surface area (Å²) in [5, 5.41) is 1.97. The number of carbonyl (C=O) groups excluding carboxylic acids is 2. The van der Waals surface area contributed by atoms with Crippen molar-refractivity contribution in [2.24, 2.45) is 0 Å². The van der Waals surface area contributed by atoms with E-state index < -0.39 is 0 Å². The van der Waals surface area contributed by atoms with E-state index >= 15 is 0 Å². The summed E-state index contributed by atoms with van der Waals surface area (Å²) in [6.07, 6.45) is 4.28. The number of carbonyl (C=O) groups is 2. The maximum Gasteiger partial charge on any atom is 0.290 e. The molecule has 0 aromatic heterocycles. The number of hydrogen-bond acceptors (Lipinski definition) is 4. The molecule has 1 aromatic rings. The molecule has 2 saturated heterocycles. The Labute approximate surface area is 122 Å². The second-order valence-electron chi connectivity index (χ2n) is 5.09. The second-order valence-corrected chi connectivity index (χ2v) is 6.11. The third-order valence-corrected chi connectivity index (χ3v) is 4.42. The monoisotopic (exact) mass is 288 g/mol. The highest BCUT2D eigenvalue weighted by Crippen LogP contribution is 2.29. The summed E-state index contributed by atoms with van der Waals surface area (Å²) >= 11 is 0.955. The molecule has 2 amide bonds. The summed E-state index contributed by atoms with van der Waals surface area (Å²) in [6, 6.07) is 6.17. The second kappa shape index (κ2) is 5.32. The van der Waals surface area contributed by atoms with E-state index in [4.69, 9.17) is 0 Å². The van der Waals surface area contributed by atoms with E-state index in [1.165, 1.54) is 24.1 Å². The van der Waals surface area contributed by atoms with Gasteiger partial charge in [-0.15, -0.1) is 0 Å². The van der Waals surface area contributed by atoms with Gasteiger partial charge in [0, 0.05) is 18.8 Å². The molecule has 0 bridgehead atoms. The molecule has 5 heteroatoms. The highest BCUT2D eigenvalue weighted by atomic mass is 32.2. The zero-order valence-corrected chi connectivity index (χ0v) is 12.1. The van der Waals surface area contributed by atoms with Gasteiger partial charge in [-0.3, -0.25) is 14.9 Å². The number of nitrogens with zero attached hydrogens (tertiary/aromatic N) is 1. The van der Waals surface area contributed by atoms with Crippen LogP contribution in [0.5, 0.6) is 0 Å². The lowest BCUT2D eigenvalue weighted by Crippen LogP contribution is -2.18. The van der Waals surface area contributed by atoms with Gasteiger partial charge in [-0.25, -0.2) is 0 Å². The van der Waals surface area contributed by atoms with Crippen LogP contribution >= 0.6 is 11.8 Å². The Morgan fingerprint density at radius 2 is 2.00 bits per heavy atom. The van der Waals surface area contributed by atoms with Crippen LogP contribution in [0, 0.1) is 6.92 Å². The Bertz CT molecular complexity index is 604. The Morgan fingerprint density at radius 3 is 2.60 bits per heavy atom. The maximum atomic E-state index is 11.5. The van der Waals surface area contributed by atoms with Crippen LogP contribution in [0.2, 0.25) is 0 Å². The molecule has 2 aliphatic rings. The van der Waals surface area contributed by atoms with Crippen molar-refractivity contribution in [3.63, 3.8) is 0 Å². The van der Waals surface area contributed by atoms with Crippen molar-refractivity contribution in [2.75, 3.05) is 18.0 Å². The third kappa shape index (κ3) is 2.58. The smallest absolute Gasteiger partial charge is 0.290 e. The van der Waals surface area contributed by atoms with Crippen molar-refractivity contribution < 1.29 is 9.59 Å². The van der Waals surface area contributed by atoms with Gasteiger partial charge in [0.2, 0.25) is 0 Å². The first-order valence-corrected chi connectivity index (χ1v) is 7.55. The summed E-state index contributed by atoms with van der Waals surface area (Å²) in [6.45, 7) is 4.32. The predicted molar refractivity (Wildman–Crippen MR) is 81.7 cm³/mol. The first-order chi connectivity index (χ1) is 9.63. The first-order valence-electron chi connectivity index (χ1n) is 6.74. The van der Waals surface area contributed by atoms with Gasteiger partial charge in [0.05, 0.1) is 4.91 Å². The predicted octanol–water partition coefficient (Wildman–Crippen LogP) is 2.92. The van der Waals surface area contributed by atoms with E-state index in [2.05, 4.69) is 29.3 Å². The lowest BCUT2D eigenvalue weighted by Gasteiger charge is -2.20. The fourth-order valence-electron chi connectivity index (χ4n) is 2.65. The quantitative estimate of drug-likeness (QED) is 0.850. The van der Waals surface area contributed by atoms with Gasteiger partial charge in [0.1, 0.15) is 0 Å². The summed E-state index contributed by atoms with van der Waals surface area (Å²) in [4.78, 5) is 25.5. The van der Waals surface area contributed by atoms with Crippen LogP contribution in [0.4, 0.5) is 10.5 Å². The van der Waals surface area contributed by atoms with Gasteiger partial charge in [0.15, 0.2) is 0 Å². The number of amides is 2. The van der Waals surface area contributed by atoms with E-state index in [-0.39, 0.29) is 11.1 Å². The molecule has 1 N–H and O–H groups in total. The maximum absolute atomic E-state index is 11.5. The van der Waals surface area contributed by atoms with Crippen LogP contribution in [0.3, 0.4) is 0 Å². The number of rotatable bonds is 2. The van der Waals surface area contributed by atoms with Crippen LogP contribution in [-0.4, -0.2) is 24.2 Å². The zero-order chi connectivity index (χ0) is 14.1. The molecule has 0 atom stereocenters. The number of thioether (sulfide) groups is 1. The highest BCUT2D eigenvalue weighted by molar-refractivity contribution is 8.18. The number of benzene rings is 1. The first kappa shape index (κ1) is 13.2. The number of imide groups is 1.